The second-order valence-corrected chi connectivity index (χ2v) is 7.19. The molecule has 6 heteroatoms. The Morgan fingerprint density at radius 1 is 0.929 bits per heavy atom. The van der Waals surface area contributed by atoms with Crippen LogP contribution in [0.15, 0.2) is 60.8 Å². The van der Waals surface area contributed by atoms with Gasteiger partial charge in [0.1, 0.15) is 5.82 Å². The number of nitrogens with zero attached hydrogens (tertiary/aromatic N) is 5. The molecule has 4 aromatic rings. The molecule has 2 aromatic carbocycles. The zero-order chi connectivity index (χ0) is 18.9. The Balaban J connectivity index is 1.66. The summed E-state index contributed by atoms with van der Waals surface area (Å²) in [6, 6.07) is 18.4. The van der Waals surface area contributed by atoms with Crippen molar-refractivity contribution in [3.05, 3.63) is 66.4 Å². The van der Waals surface area contributed by atoms with E-state index in [9.17, 15) is 0 Å². The number of hydrogen-bond donors (Lipinski definition) is 1. The van der Waals surface area contributed by atoms with Crippen molar-refractivity contribution < 1.29 is 0 Å². The van der Waals surface area contributed by atoms with Crippen molar-refractivity contribution in [1.82, 2.24) is 19.7 Å². The zero-order valence-electron chi connectivity index (χ0n) is 15.8. The van der Waals surface area contributed by atoms with E-state index in [1.807, 2.05) is 47.3 Å². The van der Waals surface area contributed by atoms with Crippen molar-refractivity contribution in [3.8, 4) is 5.69 Å². The van der Waals surface area contributed by atoms with Gasteiger partial charge in [0, 0.05) is 18.8 Å². The number of para-hydroxylation sites is 1. The maximum absolute atomic E-state index is 4.89. The van der Waals surface area contributed by atoms with Crippen LogP contribution in [-0.4, -0.2) is 32.8 Å². The van der Waals surface area contributed by atoms with Crippen LogP contribution in [0.3, 0.4) is 0 Å². The summed E-state index contributed by atoms with van der Waals surface area (Å²) < 4.78 is 1.89. The quantitative estimate of drug-likeness (QED) is 0.574. The van der Waals surface area contributed by atoms with Gasteiger partial charge < -0.3 is 10.2 Å². The smallest absolute Gasteiger partial charge is 0.229 e. The van der Waals surface area contributed by atoms with E-state index in [0.29, 0.717) is 0 Å². The van der Waals surface area contributed by atoms with E-state index < -0.39 is 0 Å². The van der Waals surface area contributed by atoms with Gasteiger partial charge in [0.25, 0.3) is 0 Å². The van der Waals surface area contributed by atoms with E-state index in [0.717, 1.165) is 47.3 Å². The van der Waals surface area contributed by atoms with Gasteiger partial charge in [-0.05, 0) is 49.6 Å². The number of benzene rings is 2. The van der Waals surface area contributed by atoms with E-state index in [1.54, 1.807) is 0 Å². The van der Waals surface area contributed by atoms with Crippen LogP contribution in [-0.2, 0) is 0 Å². The molecule has 0 spiro atoms. The SMILES string of the molecule is Cc1cccc(Nc2nc(N3CCCC3)nc3c2cnn3-c2ccccc2)c1. The van der Waals surface area contributed by atoms with Gasteiger partial charge in [-0.25, -0.2) is 4.68 Å². The first-order valence-electron chi connectivity index (χ1n) is 9.68. The largest absolute Gasteiger partial charge is 0.341 e. The molecule has 3 heterocycles. The summed E-state index contributed by atoms with van der Waals surface area (Å²) >= 11 is 0. The Labute approximate surface area is 163 Å². The summed E-state index contributed by atoms with van der Waals surface area (Å²) in [5.41, 5.74) is 4.03. The fourth-order valence-electron chi connectivity index (χ4n) is 3.67. The molecule has 1 aliphatic rings. The van der Waals surface area contributed by atoms with Crippen molar-refractivity contribution in [2.24, 2.45) is 0 Å². The highest BCUT2D eigenvalue weighted by Gasteiger charge is 2.20. The maximum Gasteiger partial charge on any atom is 0.229 e. The first-order chi connectivity index (χ1) is 13.8. The summed E-state index contributed by atoms with van der Waals surface area (Å²) in [6.07, 6.45) is 4.20. The van der Waals surface area contributed by atoms with Crippen LogP contribution >= 0.6 is 0 Å². The molecule has 0 amide bonds. The normalized spacial score (nSPS) is 14.0. The van der Waals surface area contributed by atoms with Gasteiger partial charge in [0.05, 0.1) is 17.3 Å². The predicted molar refractivity (Wildman–Crippen MR) is 113 cm³/mol. The van der Waals surface area contributed by atoms with E-state index in [1.165, 1.54) is 18.4 Å². The fourth-order valence-corrected chi connectivity index (χ4v) is 3.67. The second-order valence-electron chi connectivity index (χ2n) is 7.19. The van der Waals surface area contributed by atoms with Crippen LogP contribution in [0, 0.1) is 6.92 Å². The maximum atomic E-state index is 4.89. The monoisotopic (exact) mass is 370 g/mol. The topological polar surface area (TPSA) is 58.9 Å². The summed E-state index contributed by atoms with van der Waals surface area (Å²) in [5, 5.41) is 9.00. The summed E-state index contributed by atoms with van der Waals surface area (Å²) in [6.45, 7) is 4.08. The molecular weight excluding hydrogens is 348 g/mol. The molecule has 0 atom stereocenters. The Morgan fingerprint density at radius 2 is 1.75 bits per heavy atom. The Bertz CT molecular complexity index is 1110. The molecule has 0 unspecified atom stereocenters. The molecule has 1 aliphatic heterocycles. The molecule has 140 valence electrons. The number of rotatable bonds is 4. The van der Waals surface area contributed by atoms with E-state index in [-0.39, 0.29) is 0 Å². The fraction of sp³-hybridized carbons (Fsp3) is 0.227. The molecule has 0 saturated carbocycles. The number of fused-ring (bicyclic) bond motifs is 1. The Kier molecular flexibility index (Phi) is 4.16. The summed E-state index contributed by atoms with van der Waals surface area (Å²) in [5.74, 6) is 1.55. The van der Waals surface area contributed by atoms with Crippen LogP contribution in [0.1, 0.15) is 18.4 Å². The molecule has 1 saturated heterocycles. The van der Waals surface area contributed by atoms with Crippen LogP contribution in [0.25, 0.3) is 16.7 Å². The van der Waals surface area contributed by atoms with Gasteiger partial charge in [-0.3, -0.25) is 0 Å². The van der Waals surface area contributed by atoms with Crippen LogP contribution in [0.4, 0.5) is 17.5 Å². The molecule has 1 fully saturated rings. The number of aromatic nitrogens is 4. The van der Waals surface area contributed by atoms with Crippen molar-refractivity contribution in [3.63, 3.8) is 0 Å². The van der Waals surface area contributed by atoms with Crippen molar-refractivity contribution >= 4 is 28.5 Å². The third-order valence-electron chi connectivity index (χ3n) is 5.09. The molecular formula is C22H22N6. The highest BCUT2D eigenvalue weighted by molar-refractivity contribution is 5.90. The number of anilines is 3. The predicted octanol–water partition coefficient (Wildman–Crippen LogP) is 4.47. The lowest BCUT2D eigenvalue weighted by Crippen LogP contribution is -2.21. The molecule has 0 bridgehead atoms. The molecule has 1 N–H and O–H groups in total. The van der Waals surface area contributed by atoms with Crippen molar-refractivity contribution in [2.75, 3.05) is 23.3 Å². The minimum atomic E-state index is 0.762. The Hall–Kier alpha value is -3.41. The molecule has 2 aromatic heterocycles. The van der Waals surface area contributed by atoms with Gasteiger partial charge >= 0.3 is 0 Å². The third kappa shape index (κ3) is 3.07. The lowest BCUT2D eigenvalue weighted by molar-refractivity contribution is 0.873. The van der Waals surface area contributed by atoms with Crippen LogP contribution < -0.4 is 10.2 Å². The number of aryl methyl sites for hydroxylation is 1. The van der Waals surface area contributed by atoms with Gasteiger partial charge in [0.2, 0.25) is 5.95 Å². The average Bonchev–Trinajstić information content (AvgIpc) is 3.39. The van der Waals surface area contributed by atoms with Crippen molar-refractivity contribution in [2.45, 2.75) is 19.8 Å². The minimum Gasteiger partial charge on any atom is -0.341 e. The van der Waals surface area contributed by atoms with Gasteiger partial charge in [0.15, 0.2) is 5.65 Å². The molecule has 0 radical (unpaired) electrons. The highest BCUT2D eigenvalue weighted by atomic mass is 15.3. The van der Waals surface area contributed by atoms with Crippen molar-refractivity contribution in [1.29, 1.82) is 0 Å². The summed E-state index contributed by atoms with van der Waals surface area (Å²) in [4.78, 5) is 12.0. The van der Waals surface area contributed by atoms with Crippen LogP contribution in [0.5, 0.6) is 0 Å². The minimum absolute atomic E-state index is 0.762. The molecule has 6 nitrogen and oxygen atoms in total. The van der Waals surface area contributed by atoms with E-state index in [2.05, 4.69) is 40.4 Å². The molecule has 0 aliphatic carbocycles. The first kappa shape index (κ1) is 16.7. The average molecular weight is 370 g/mol. The number of nitrogens with one attached hydrogen (secondary N) is 1. The second kappa shape index (κ2) is 6.96. The standard InChI is InChI=1S/C22H22N6/c1-16-8-7-9-17(14-16)24-20-19-15-23-28(18-10-3-2-4-11-18)21(19)26-22(25-20)27-12-5-6-13-27/h2-4,7-11,14-15H,5-6,12-13H2,1H3,(H,24,25,26). The lowest BCUT2D eigenvalue weighted by atomic mass is 10.2. The van der Waals surface area contributed by atoms with E-state index in [4.69, 9.17) is 9.97 Å². The molecule has 28 heavy (non-hydrogen) atoms. The summed E-state index contributed by atoms with van der Waals surface area (Å²) in [7, 11) is 0. The van der Waals surface area contributed by atoms with Crippen LogP contribution in [0.2, 0.25) is 0 Å². The van der Waals surface area contributed by atoms with Gasteiger partial charge in [-0.15, -0.1) is 0 Å². The number of hydrogen-bond acceptors (Lipinski definition) is 5. The first-order valence-corrected chi connectivity index (χ1v) is 9.68. The molecule has 5 rings (SSSR count). The lowest BCUT2D eigenvalue weighted by Gasteiger charge is -2.17. The third-order valence-corrected chi connectivity index (χ3v) is 5.09. The zero-order valence-corrected chi connectivity index (χ0v) is 15.8. The van der Waals surface area contributed by atoms with E-state index >= 15 is 0 Å². The highest BCUT2D eigenvalue weighted by Crippen LogP contribution is 2.29. The van der Waals surface area contributed by atoms with Gasteiger partial charge in [-0.1, -0.05) is 30.3 Å². The van der Waals surface area contributed by atoms with Gasteiger partial charge in [-0.2, -0.15) is 15.1 Å². The Morgan fingerprint density at radius 3 is 2.54 bits per heavy atom.